The van der Waals surface area contributed by atoms with Crippen LogP contribution in [0.2, 0.25) is 0 Å². The van der Waals surface area contributed by atoms with E-state index in [1.165, 1.54) is 16.9 Å². The van der Waals surface area contributed by atoms with Gasteiger partial charge in [0.1, 0.15) is 9.88 Å². The number of hydrogen-bond donors (Lipinski definition) is 1. The maximum atomic E-state index is 13.1. The SMILES string of the molecule is Cc1ccc(-c2nc(C)c(C(=O)N3CCC([C@H](C)C(=O)NC4CC4)CC3)s2)cc1. The van der Waals surface area contributed by atoms with E-state index in [0.717, 1.165) is 46.8 Å². The van der Waals surface area contributed by atoms with Crippen LogP contribution in [-0.4, -0.2) is 40.8 Å². The van der Waals surface area contributed by atoms with Crippen molar-refractivity contribution in [3.8, 4) is 10.6 Å². The molecule has 5 nitrogen and oxygen atoms in total. The number of carbonyl (C=O) groups is 2. The first-order valence-corrected chi connectivity index (χ1v) is 11.4. The maximum absolute atomic E-state index is 13.1. The second-order valence-corrected chi connectivity index (χ2v) is 9.50. The van der Waals surface area contributed by atoms with Gasteiger partial charge in [0.15, 0.2) is 0 Å². The molecule has 4 rings (SSSR count). The molecule has 0 radical (unpaired) electrons. The highest BCUT2D eigenvalue weighted by molar-refractivity contribution is 7.17. The topological polar surface area (TPSA) is 62.3 Å². The molecule has 2 fully saturated rings. The predicted octanol–water partition coefficient (Wildman–Crippen LogP) is 4.19. The predicted molar refractivity (Wildman–Crippen MR) is 116 cm³/mol. The van der Waals surface area contributed by atoms with Crippen LogP contribution in [0.3, 0.4) is 0 Å². The van der Waals surface area contributed by atoms with Crippen LogP contribution in [0.5, 0.6) is 0 Å². The van der Waals surface area contributed by atoms with Crippen molar-refractivity contribution in [2.75, 3.05) is 13.1 Å². The molecule has 1 aromatic carbocycles. The Kier molecular flexibility index (Phi) is 5.72. The molecule has 1 atom stereocenters. The molecule has 1 aliphatic carbocycles. The van der Waals surface area contributed by atoms with Crippen molar-refractivity contribution < 1.29 is 9.59 Å². The zero-order valence-corrected chi connectivity index (χ0v) is 18.2. The van der Waals surface area contributed by atoms with Crippen molar-refractivity contribution in [1.82, 2.24) is 15.2 Å². The van der Waals surface area contributed by atoms with Gasteiger partial charge in [0.05, 0.1) is 5.69 Å². The fourth-order valence-electron chi connectivity index (χ4n) is 3.93. The summed E-state index contributed by atoms with van der Waals surface area (Å²) in [7, 11) is 0. The lowest BCUT2D eigenvalue weighted by atomic mass is 9.84. The molecule has 154 valence electrons. The van der Waals surface area contributed by atoms with E-state index in [9.17, 15) is 9.59 Å². The Bertz CT molecular complexity index is 893. The number of carbonyl (C=O) groups excluding carboxylic acids is 2. The van der Waals surface area contributed by atoms with Crippen LogP contribution >= 0.6 is 11.3 Å². The number of aryl methyl sites for hydroxylation is 2. The second-order valence-electron chi connectivity index (χ2n) is 8.50. The zero-order valence-electron chi connectivity index (χ0n) is 17.4. The highest BCUT2D eigenvalue weighted by Gasteiger charge is 2.33. The summed E-state index contributed by atoms with van der Waals surface area (Å²) in [5.41, 5.74) is 3.06. The van der Waals surface area contributed by atoms with Crippen LogP contribution in [-0.2, 0) is 4.79 Å². The van der Waals surface area contributed by atoms with Gasteiger partial charge in [-0.1, -0.05) is 36.8 Å². The number of likely N-dealkylation sites (tertiary alicyclic amines) is 1. The summed E-state index contributed by atoms with van der Waals surface area (Å²) in [5, 5.41) is 4.01. The van der Waals surface area contributed by atoms with Crippen LogP contribution < -0.4 is 5.32 Å². The van der Waals surface area contributed by atoms with Crippen molar-refractivity contribution in [3.05, 3.63) is 40.4 Å². The minimum atomic E-state index is 0.0196. The van der Waals surface area contributed by atoms with Gasteiger partial charge in [0, 0.05) is 30.6 Å². The van der Waals surface area contributed by atoms with Gasteiger partial charge in [0.25, 0.3) is 5.91 Å². The third-order valence-corrected chi connectivity index (χ3v) is 7.36. The van der Waals surface area contributed by atoms with Gasteiger partial charge in [-0.05, 0) is 45.4 Å². The smallest absolute Gasteiger partial charge is 0.265 e. The Morgan fingerprint density at radius 2 is 1.76 bits per heavy atom. The molecule has 1 saturated heterocycles. The Balaban J connectivity index is 1.38. The van der Waals surface area contributed by atoms with Gasteiger partial charge in [0.2, 0.25) is 5.91 Å². The lowest BCUT2D eigenvalue weighted by Crippen LogP contribution is -2.43. The molecule has 6 heteroatoms. The Labute approximate surface area is 176 Å². The van der Waals surface area contributed by atoms with Crippen molar-refractivity contribution in [1.29, 1.82) is 0 Å². The summed E-state index contributed by atoms with van der Waals surface area (Å²) < 4.78 is 0. The summed E-state index contributed by atoms with van der Waals surface area (Å²) in [6.07, 6.45) is 4.00. The van der Waals surface area contributed by atoms with Crippen molar-refractivity contribution in [3.63, 3.8) is 0 Å². The van der Waals surface area contributed by atoms with Crippen LogP contribution in [0.25, 0.3) is 10.6 Å². The van der Waals surface area contributed by atoms with E-state index in [-0.39, 0.29) is 17.7 Å². The standard InChI is InChI=1S/C23H29N3O2S/c1-14-4-6-18(7-5-14)22-24-16(3)20(29-22)23(28)26-12-10-17(11-13-26)15(2)21(27)25-19-8-9-19/h4-7,15,17,19H,8-13H2,1-3H3,(H,25,27)/t15-/m0/s1. The van der Waals surface area contributed by atoms with Gasteiger partial charge in [-0.15, -0.1) is 11.3 Å². The number of rotatable bonds is 5. The monoisotopic (exact) mass is 411 g/mol. The lowest BCUT2D eigenvalue weighted by molar-refractivity contribution is -0.126. The first-order valence-electron chi connectivity index (χ1n) is 10.6. The molecule has 29 heavy (non-hydrogen) atoms. The van der Waals surface area contributed by atoms with Crippen molar-refractivity contribution >= 4 is 23.2 Å². The first kappa shape index (κ1) is 20.1. The minimum Gasteiger partial charge on any atom is -0.353 e. The van der Waals surface area contributed by atoms with Crippen molar-refractivity contribution in [2.45, 2.75) is 52.5 Å². The van der Waals surface area contributed by atoms with E-state index in [1.807, 2.05) is 18.7 Å². The number of benzene rings is 1. The van der Waals surface area contributed by atoms with E-state index >= 15 is 0 Å². The number of thiazole rings is 1. The summed E-state index contributed by atoms with van der Waals surface area (Å²) >= 11 is 1.48. The van der Waals surface area contributed by atoms with Crippen LogP contribution in [0.1, 0.15) is 53.5 Å². The molecule has 2 amide bonds. The van der Waals surface area contributed by atoms with E-state index in [4.69, 9.17) is 0 Å². The van der Waals surface area contributed by atoms with E-state index in [2.05, 4.69) is 41.5 Å². The van der Waals surface area contributed by atoms with Crippen LogP contribution in [0, 0.1) is 25.7 Å². The molecule has 0 bridgehead atoms. The minimum absolute atomic E-state index is 0.0196. The number of hydrogen-bond acceptors (Lipinski definition) is 4. The molecule has 0 spiro atoms. The third kappa shape index (κ3) is 4.53. The van der Waals surface area contributed by atoms with Gasteiger partial charge < -0.3 is 10.2 Å². The van der Waals surface area contributed by atoms with Gasteiger partial charge >= 0.3 is 0 Å². The quantitative estimate of drug-likeness (QED) is 0.802. The molecule has 1 N–H and O–H groups in total. The fourth-order valence-corrected chi connectivity index (χ4v) is 4.97. The third-order valence-electron chi connectivity index (χ3n) is 6.16. The first-order chi connectivity index (χ1) is 13.9. The van der Waals surface area contributed by atoms with Crippen LogP contribution in [0.15, 0.2) is 24.3 Å². The second kappa shape index (κ2) is 8.27. The van der Waals surface area contributed by atoms with Gasteiger partial charge in [-0.3, -0.25) is 9.59 Å². The lowest BCUT2D eigenvalue weighted by Gasteiger charge is -2.34. The number of nitrogens with one attached hydrogen (secondary N) is 1. The van der Waals surface area contributed by atoms with E-state index in [0.29, 0.717) is 25.0 Å². The van der Waals surface area contributed by atoms with Gasteiger partial charge in [-0.2, -0.15) is 0 Å². The Morgan fingerprint density at radius 1 is 1.10 bits per heavy atom. The molecule has 1 aromatic heterocycles. The molecular weight excluding hydrogens is 382 g/mol. The molecule has 2 heterocycles. The highest BCUT2D eigenvalue weighted by Crippen LogP contribution is 2.31. The summed E-state index contributed by atoms with van der Waals surface area (Å²) in [5.74, 6) is 0.625. The average Bonchev–Trinajstić information content (AvgIpc) is 3.46. The molecule has 2 aromatic rings. The van der Waals surface area contributed by atoms with Crippen molar-refractivity contribution in [2.24, 2.45) is 11.8 Å². The Morgan fingerprint density at radius 3 is 2.38 bits per heavy atom. The molecule has 1 saturated carbocycles. The number of piperidine rings is 1. The molecular formula is C23H29N3O2S. The molecule has 0 unspecified atom stereocenters. The number of aromatic nitrogens is 1. The average molecular weight is 412 g/mol. The fraction of sp³-hybridized carbons (Fsp3) is 0.522. The molecule has 2 aliphatic rings. The number of amides is 2. The highest BCUT2D eigenvalue weighted by atomic mass is 32.1. The largest absolute Gasteiger partial charge is 0.353 e. The van der Waals surface area contributed by atoms with Gasteiger partial charge in [-0.25, -0.2) is 4.98 Å². The summed E-state index contributed by atoms with van der Waals surface area (Å²) in [6, 6.07) is 8.66. The van der Waals surface area contributed by atoms with Crippen LogP contribution in [0.4, 0.5) is 0 Å². The Hall–Kier alpha value is -2.21. The van der Waals surface area contributed by atoms with E-state index < -0.39 is 0 Å². The molecule has 1 aliphatic heterocycles. The van der Waals surface area contributed by atoms with E-state index in [1.54, 1.807) is 0 Å². The summed E-state index contributed by atoms with van der Waals surface area (Å²) in [4.78, 5) is 32.7. The summed E-state index contributed by atoms with van der Waals surface area (Å²) in [6.45, 7) is 7.43. The number of nitrogens with zero attached hydrogens (tertiary/aromatic N) is 2. The zero-order chi connectivity index (χ0) is 20.5. The normalized spacial score (nSPS) is 18.5. The maximum Gasteiger partial charge on any atom is 0.265 e.